The second-order valence-electron chi connectivity index (χ2n) is 3.46. The summed E-state index contributed by atoms with van der Waals surface area (Å²) in [5, 5.41) is 10.6. The monoisotopic (exact) mass is 286 g/mol. The van der Waals surface area contributed by atoms with Crippen molar-refractivity contribution in [3.05, 3.63) is 29.6 Å². The summed E-state index contributed by atoms with van der Waals surface area (Å²) >= 11 is 0.983. The summed E-state index contributed by atoms with van der Waals surface area (Å²) in [7, 11) is 0. The van der Waals surface area contributed by atoms with Gasteiger partial charge in [0.25, 0.3) is 0 Å². The van der Waals surface area contributed by atoms with E-state index < -0.39 is 23.7 Å². The molecule has 19 heavy (non-hydrogen) atoms. The number of nitrogens with two attached hydrogens (primary N) is 1. The molecule has 102 valence electrons. The molecule has 0 atom stereocenters. The fourth-order valence-corrected chi connectivity index (χ4v) is 2.12. The van der Waals surface area contributed by atoms with Crippen molar-refractivity contribution in [3.8, 4) is 0 Å². The Morgan fingerprint density at radius 3 is 2.63 bits per heavy atom. The molecule has 0 spiro atoms. The van der Waals surface area contributed by atoms with Gasteiger partial charge in [-0.05, 0) is 18.2 Å². The van der Waals surface area contributed by atoms with Crippen molar-refractivity contribution >= 4 is 29.7 Å². The van der Waals surface area contributed by atoms with Crippen LogP contribution >= 0.6 is 11.8 Å². The molecule has 0 aromatic heterocycles. The molecule has 0 fully saturated rings. The third kappa shape index (κ3) is 4.96. The van der Waals surface area contributed by atoms with Gasteiger partial charge in [-0.25, -0.2) is 14.0 Å². The number of carboxylic acids is 1. The van der Waals surface area contributed by atoms with E-state index in [1.165, 1.54) is 6.07 Å². The van der Waals surface area contributed by atoms with Crippen molar-refractivity contribution in [2.75, 3.05) is 5.75 Å². The van der Waals surface area contributed by atoms with Crippen molar-refractivity contribution in [1.29, 1.82) is 0 Å². The highest BCUT2D eigenvalue weighted by Crippen LogP contribution is 2.23. The predicted octanol–water partition coefficient (Wildman–Crippen LogP) is 1.20. The third-order valence-electron chi connectivity index (χ3n) is 2.03. The first-order valence-corrected chi connectivity index (χ1v) is 6.13. The number of thioether (sulfide) groups is 1. The lowest BCUT2D eigenvalue weighted by Gasteiger charge is -2.04. The second-order valence-corrected chi connectivity index (χ2v) is 4.60. The number of hydrogen-bond acceptors (Lipinski definition) is 4. The third-order valence-corrected chi connectivity index (χ3v) is 3.06. The molecule has 0 aliphatic heterocycles. The summed E-state index contributed by atoms with van der Waals surface area (Å²) in [6.07, 6.45) is -0.0374. The van der Waals surface area contributed by atoms with Gasteiger partial charge in [0.1, 0.15) is 5.82 Å². The summed E-state index contributed by atoms with van der Waals surface area (Å²) in [6, 6.07) is 2.44. The van der Waals surface area contributed by atoms with E-state index in [1.807, 2.05) is 5.32 Å². The van der Waals surface area contributed by atoms with Gasteiger partial charge >= 0.3 is 12.0 Å². The Hall–Kier alpha value is -2.09. The molecule has 1 rings (SSSR count). The smallest absolute Gasteiger partial charge is 0.335 e. The fraction of sp³-hybridized carbons (Fsp3) is 0.182. The zero-order chi connectivity index (χ0) is 14.4. The summed E-state index contributed by atoms with van der Waals surface area (Å²) in [6.45, 7) is 0. The van der Waals surface area contributed by atoms with Gasteiger partial charge < -0.3 is 10.8 Å². The van der Waals surface area contributed by atoms with E-state index in [9.17, 15) is 18.8 Å². The predicted molar refractivity (Wildman–Crippen MR) is 66.4 cm³/mol. The average Bonchev–Trinajstić information content (AvgIpc) is 2.30. The Labute approximate surface area is 112 Å². The van der Waals surface area contributed by atoms with E-state index in [-0.39, 0.29) is 22.6 Å². The normalized spacial score (nSPS) is 9.95. The zero-order valence-electron chi connectivity index (χ0n) is 9.68. The van der Waals surface area contributed by atoms with Gasteiger partial charge in [0.15, 0.2) is 0 Å². The molecule has 0 heterocycles. The number of carbonyl (C=O) groups is 3. The Morgan fingerprint density at radius 2 is 2.05 bits per heavy atom. The van der Waals surface area contributed by atoms with Crippen LogP contribution in [0, 0.1) is 5.82 Å². The first-order valence-electron chi connectivity index (χ1n) is 5.15. The number of benzene rings is 1. The number of amides is 3. The molecule has 0 unspecified atom stereocenters. The molecule has 3 amide bonds. The van der Waals surface area contributed by atoms with Crippen molar-refractivity contribution < 1.29 is 23.9 Å². The van der Waals surface area contributed by atoms with E-state index >= 15 is 0 Å². The molecular formula is C11H11FN2O4S. The van der Waals surface area contributed by atoms with Gasteiger partial charge in [0.2, 0.25) is 5.91 Å². The van der Waals surface area contributed by atoms with Crippen LogP contribution in [-0.2, 0) is 4.79 Å². The van der Waals surface area contributed by atoms with Crippen LogP contribution in [0.2, 0.25) is 0 Å². The van der Waals surface area contributed by atoms with Crippen LogP contribution in [0.4, 0.5) is 9.18 Å². The molecule has 4 N–H and O–H groups in total. The van der Waals surface area contributed by atoms with E-state index in [0.29, 0.717) is 0 Å². The number of halogens is 1. The number of urea groups is 1. The quantitative estimate of drug-likeness (QED) is 0.705. The van der Waals surface area contributed by atoms with Gasteiger partial charge in [-0.15, -0.1) is 11.8 Å². The molecule has 6 nitrogen and oxygen atoms in total. The Morgan fingerprint density at radius 1 is 1.37 bits per heavy atom. The number of rotatable bonds is 5. The highest BCUT2D eigenvalue weighted by molar-refractivity contribution is 7.99. The number of aromatic carboxylic acids is 1. The Balaban J connectivity index is 2.58. The molecule has 0 aliphatic rings. The van der Waals surface area contributed by atoms with Gasteiger partial charge in [-0.3, -0.25) is 10.1 Å². The van der Waals surface area contributed by atoms with Gasteiger partial charge in [-0.1, -0.05) is 0 Å². The lowest BCUT2D eigenvalue weighted by Crippen LogP contribution is -2.35. The highest BCUT2D eigenvalue weighted by Gasteiger charge is 2.10. The minimum atomic E-state index is -1.16. The molecule has 0 saturated carbocycles. The first-order chi connectivity index (χ1) is 8.90. The van der Waals surface area contributed by atoms with Crippen LogP contribution in [0.1, 0.15) is 16.8 Å². The first kappa shape index (κ1) is 15.0. The van der Waals surface area contributed by atoms with E-state index in [1.54, 1.807) is 0 Å². The number of carboxylic acid groups (broad SMARTS) is 1. The minimum Gasteiger partial charge on any atom is -0.478 e. The summed E-state index contributed by atoms with van der Waals surface area (Å²) in [4.78, 5) is 32.3. The minimum absolute atomic E-state index is 0.0366. The lowest BCUT2D eigenvalue weighted by atomic mass is 10.2. The number of primary amides is 1. The van der Waals surface area contributed by atoms with Crippen LogP contribution in [0.3, 0.4) is 0 Å². The number of imide groups is 1. The standard InChI is InChI=1S/C11H11FN2O4S/c12-7-2-1-6(10(16)17)5-8(7)19-4-3-9(15)14-11(13)18/h1-2,5H,3-4H2,(H,16,17)(H3,13,14,15,18). The van der Waals surface area contributed by atoms with Crippen LogP contribution in [0.25, 0.3) is 0 Å². The maximum Gasteiger partial charge on any atom is 0.335 e. The van der Waals surface area contributed by atoms with Crippen LogP contribution in [0.15, 0.2) is 23.1 Å². The molecule has 0 aliphatic carbocycles. The van der Waals surface area contributed by atoms with Crippen LogP contribution < -0.4 is 11.1 Å². The lowest BCUT2D eigenvalue weighted by molar-refractivity contribution is -0.119. The largest absolute Gasteiger partial charge is 0.478 e. The molecule has 1 aromatic rings. The molecule has 1 aromatic carbocycles. The molecular weight excluding hydrogens is 275 g/mol. The van der Waals surface area contributed by atoms with E-state index in [2.05, 4.69) is 0 Å². The molecule has 0 saturated heterocycles. The van der Waals surface area contributed by atoms with Gasteiger partial charge in [-0.2, -0.15) is 0 Å². The summed E-state index contributed by atoms with van der Waals surface area (Å²) in [5.74, 6) is -2.10. The number of nitrogens with one attached hydrogen (secondary N) is 1. The molecule has 0 radical (unpaired) electrons. The summed E-state index contributed by atoms with van der Waals surface area (Å²) < 4.78 is 13.4. The molecule has 8 heteroatoms. The zero-order valence-corrected chi connectivity index (χ0v) is 10.5. The SMILES string of the molecule is NC(=O)NC(=O)CCSc1cc(C(=O)O)ccc1F. The fourth-order valence-electron chi connectivity index (χ4n) is 1.20. The van der Waals surface area contributed by atoms with E-state index in [0.717, 1.165) is 23.9 Å². The van der Waals surface area contributed by atoms with Crippen molar-refractivity contribution in [2.24, 2.45) is 5.73 Å². The van der Waals surface area contributed by atoms with Crippen molar-refractivity contribution in [3.63, 3.8) is 0 Å². The van der Waals surface area contributed by atoms with Crippen molar-refractivity contribution in [1.82, 2.24) is 5.32 Å². The Kier molecular flexibility index (Phi) is 5.31. The average molecular weight is 286 g/mol. The number of hydrogen-bond donors (Lipinski definition) is 3. The van der Waals surface area contributed by atoms with Crippen LogP contribution in [0.5, 0.6) is 0 Å². The van der Waals surface area contributed by atoms with Crippen molar-refractivity contribution in [2.45, 2.75) is 11.3 Å². The Bertz CT molecular complexity index is 521. The van der Waals surface area contributed by atoms with E-state index in [4.69, 9.17) is 10.8 Å². The topological polar surface area (TPSA) is 109 Å². The maximum absolute atomic E-state index is 13.4. The van der Waals surface area contributed by atoms with Gasteiger partial charge in [0, 0.05) is 17.1 Å². The molecule has 0 bridgehead atoms. The summed E-state index contributed by atoms with van der Waals surface area (Å²) in [5.41, 5.74) is 4.71. The second kappa shape index (κ2) is 6.74. The number of carbonyl (C=O) groups excluding carboxylic acids is 2. The maximum atomic E-state index is 13.4. The van der Waals surface area contributed by atoms with Crippen LogP contribution in [-0.4, -0.2) is 28.8 Å². The van der Waals surface area contributed by atoms with Gasteiger partial charge in [0.05, 0.1) is 5.56 Å². The highest BCUT2D eigenvalue weighted by atomic mass is 32.2.